The van der Waals surface area contributed by atoms with Gasteiger partial charge in [-0.25, -0.2) is 0 Å². The lowest BCUT2D eigenvalue weighted by molar-refractivity contribution is -0.144. The van der Waals surface area contributed by atoms with E-state index in [9.17, 15) is 10.1 Å². The summed E-state index contributed by atoms with van der Waals surface area (Å²) < 4.78 is 23.2. The summed E-state index contributed by atoms with van der Waals surface area (Å²) in [6.07, 6.45) is 4.30. The van der Waals surface area contributed by atoms with Gasteiger partial charge in [0, 0.05) is 24.4 Å². The first kappa shape index (κ1) is 20.1. The van der Waals surface area contributed by atoms with Crippen LogP contribution in [0.25, 0.3) is 5.52 Å². The maximum absolute atomic E-state index is 12.2. The average Bonchev–Trinajstić information content (AvgIpc) is 3.12. The van der Waals surface area contributed by atoms with E-state index in [1.54, 1.807) is 20.4 Å². The van der Waals surface area contributed by atoms with Gasteiger partial charge in [0.15, 0.2) is 11.5 Å². The van der Waals surface area contributed by atoms with Gasteiger partial charge in [-0.15, -0.1) is 0 Å². The Morgan fingerprint density at radius 1 is 1.10 bits per heavy atom. The van der Waals surface area contributed by atoms with E-state index in [2.05, 4.69) is 6.07 Å². The molecular formula is C22H22N2O5. The number of hydrogen-bond donors (Lipinski definition) is 0. The molecule has 0 radical (unpaired) electrons. The summed E-state index contributed by atoms with van der Waals surface area (Å²) in [5.41, 5.74) is 2.85. The van der Waals surface area contributed by atoms with Gasteiger partial charge in [-0.05, 0) is 36.2 Å². The molecule has 3 rings (SSSR count). The average molecular weight is 394 g/mol. The van der Waals surface area contributed by atoms with Crippen LogP contribution >= 0.6 is 0 Å². The quantitative estimate of drug-likeness (QED) is 0.544. The molecule has 150 valence electrons. The van der Waals surface area contributed by atoms with Gasteiger partial charge >= 0.3 is 5.97 Å². The Morgan fingerprint density at radius 3 is 2.45 bits per heavy atom. The number of nitrogens with zero attached hydrogens (tertiary/aromatic N) is 2. The summed E-state index contributed by atoms with van der Waals surface area (Å²) >= 11 is 0. The maximum atomic E-state index is 12.2. The fraction of sp³-hybridized carbons (Fsp3) is 0.273. The first-order valence-electron chi connectivity index (χ1n) is 9.04. The fourth-order valence-corrected chi connectivity index (χ4v) is 3.17. The molecule has 2 heterocycles. The van der Waals surface area contributed by atoms with Crippen molar-refractivity contribution in [2.75, 3.05) is 21.3 Å². The minimum atomic E-state index is -0.349. The summed E-state index contributed by atoms with van der Waals surface area (Å²) in [5, 5.41) is 9.43. The van der Waals surface area contributed by atoms with Crippen molar-refractivity contribution < 1.29 is 23.7 Å². The first-order valence-corrected chi connectivity index (χ1v) is 9.04. The molecule has 0 N–H and O–H groups in total. The van der Waals surface area contributed by atoms with Crippen LogP contribution in [0.5, 0.6) is 17.2 Å². The van der Waals surface area contributed by atoms with Crippen molar-refractivity contribution in [1.29, 1.82) is 5.26 Å². The number of rotatable bonds is 8. The largest absolute Gasteiger partial charge is 0.493 e. The van der Waals surface area contributed by atoms with Gasteiger partial charge in [0.2, 0.25) is 5.75 Å². The molecule has 2 aromatic heterocycles. The summed E-state index contributed by atoms with van der Waals surface area (Å²) in [6, 6.07) is 11.4. The fourth-order valence-electron chi connectivity index (χ4n) is 3.17. The predicted octanol–water partition coefficient (Wildman–Crippen LogP) is 3.51. The second kappa shape index (κ2) is 9.02. The third-order valence-corrected chi connectivity index (χ3v) is 4.60. The van der Waals surface area contributed by atoms with Gasteiger partial charge in [0.1, 0.15) is 12.7 Å². The number of esters is 1. The van der Waals surface area contributed by atoms with Crippen LogP contribution in [0.15, 0.2) is 42.7 Å². The number of benzene rings is 1. The van der Waals surface area contributed by atoms with E-state index in [1.165, 1.54) is 7.11 Å². The SMILES string of the molecule is COc1cc(CCC(=O)OCc2cn3ccccc3c2C#N)cc(OC)c1OC. The molecule has 0 atom stereocenters. The zero-order chi connectivity index (χ0) is 20.8. The van der Waals surface area contributed by atoms with Gasteiger partial charge in [0.25, 0.3) is 0 Å². The number of aromatic nitrogens is 1. The van der Waals surface area contributed by atoms with Gasteiger partial charge < -0.3 is 23.3 Å². The third-order valence-electron chi connectivity index (χ3n) is 4.60. The van der Waals surface area contributed by atoms with Crippen molar-refractivity contribution in [2.45, 2.75) is 19.4 Å². The zero-order valence-corrected chi connectivity index (χ0v) is 16.6. The highest BCUT2D eigenvalue weighted by Gasteiger charge is 2.15. The van der Waals surface area contributed by atoms with Gasteiger partial charge in [-0.2, -0.15) is 5.26 Å². The smallest absolute Gasteiger partial charge is 0.306 e. The Bertz CT molecular complexity index is 1040. The van der Waals surface area contributed by atoms with Gasteiger partial charge in [-0.3, -0.25) is 4.79 Å². The zero-order valence-electron chi connectivity index (χ0n) is 16.6. The van der Waals surface area contributed by atoms with Crippen molar-refractivity contribution in [2.24, 2.45) is 0 Å². The molecule has 0 aliphatic rings. The molecule has 7 nitrogen and oxygen atoms in total. The Labute approximate surface area is 169 Å². The van der Waals surface area contributed by atoms with E-state index in [0.29, 0.717) is 34.8 Å². The summed E-state index contributed by atoms with van der Waals surface area (Å²) in [4.78, 5) is 12.2. The molecule has 0 unspecified atom stereocenters. The Morgan fingerprint density at radius 2 is 1.83 bits per heavy atom. The predicted molar refractivity (Wildman–Crippen MR) is 106 cm³/mol. The van der Waals surface area contributed by atoms with Crippen molar-refractivity contribution in [3.63, 3.8) is 0 Å². The molecule has 1 aromatic carbocycles. The molecule has 0 aliphatic carbocycles. The number of methoxy groups -OCH3 is 3. The van der Waals surface area contributed by atoms with Crippen molar-refractivity contribution in [1.82, 2.24) is 4.40 Å². The first-order chi connectivity index (χ1) is 14.1. The Hall–Kier alpha value is -3.66. The molecule has 0 bridgehead atoms. The van der Waals surface area contributed by atoms with E-state index < -0.39 is 0 Å². The molecule has 0 saturated carbocycles. The van der Waals surface area contributed by atoms with E-state index in [1.807, 2.05) is 40.9 Å². The molecule has 0 spiro atoms. The van der Waals surface area contributed by atoms with Crippen LogP contribution in [0.1, 0.15) is 23.1 Å². The summed E-state index contributed by atoms with van der Waals surface area (Å²) in [6.45, 7) is 0.0542. The van der Waals surface area contributed by atoms with E-state index in [4.69, 9.17) is 18.9 Å². The lowest BCUT2D eigenvalue weighted by atomic mass is 10.1. The number of fused-ring (bicyclic) bond motifs is 1. The van der Waals surface area contributed by atoms with Gasteiger partial charge in [-0.1, -0.05) is 6.07 Å². The molecule has 0 fully saturated rings. The molecule has 3 aromatic rings. The second-order valence-corrected chi connectivity index (χ2v) is 6.33. The minimum absolute atomic E-state index is 0.0542. The lowest BCUT2D eigenvalue weighted by Gasteiger charge is -2.14. The third kappa shape index (κ3) is 4.27. The molecule has 0 aliphatic heterocycles. The molecular weight excluding hydrogens is 372 g/mol. The van der Waals surface area contributed by atoms with Crippen LogP contribution in [-0.4, -0.2) is 31.7 Å². The second-order valence-electron chi connectivity index (χ2n) is 6.33. The summed E-state index contributed by atoms with van der Waals surface area (Å²) in [7, 11) is 4.63. The summed E-state index contributed by atoms with van der Waals surface area (Å²) in [5.74, 6) is 1.23. The normalized spacial score (nSPS) is 10.4. The van der Waals surface area contributed by atoms with Crippen molar-refractivity contribution in [3.05, 3.63) is 59.4 Å². The molecule has 0 saturated heterocycles. The number of ether oxygens (including phenoxy) is 4. The van der Waals surface area contributed by atoms with E-state index >= 15 is 0 Å². The van der Waals surface area contributed by atoms with Crippen LogP contribution in [0.3, 0.4) is 0 Å². The topological polar surface area (TPSA) is 82.2 Å². The highest BCUT2D eigenvalue weighted by molar-refractivity contribution is 5.71. The standard InChI is InChI=1S/C22H22N2O5/c1-26-19-10-15(11-20(27-2)22(19)28-3)7-8-21(25)29-14-16-13-24-9-5-4-6-18(24)17(16)12-23/h4-6,9-11,13H,7-8,14H2,1-3H3. The lowest BCUT2D eigenvalue weighted by Crippen LogP contribution is -2.06. The number of carbonyl (C=O) groups is 1. The van der Waals surface area contributed by atoms with E-state index in [0.717, 1.165) is 11.1 Å². The monoisotopic (exact) mass is 394 g/mol. The van der Waals surface area contributed by atoms with Gasteiger partial charge in [0.05, 0.1) is 32.4 Å². The van der Waals surface area contributed by atoms with Crippen molar-refractivity contribution >= 4 is 11.5 Å². The van der Waals surface area contributed by atoms with E-state index in [-0.39, 0.29) is 19.0 Å². The molecule has 29 heavy (non-hydrogen) atoms. The molecule has 0 amide bonds. The number of nitriles is 1. The molecule has 7 heteroatoms. The van der Waals surface area contributed by atoms with Crippen LogP contribution in [0, 0.1) is 11.3 Å². The highest BCUT2D eigenvalue weighted by atomic mass is 16.5. The Balaban J connectivity index is 1.65. The van der Waals surface area contributed by atoms with Crippen LogP contribution in [0.4, 0.5) is 0 Å². The number of aryl methyl sites for hydroxylation is 1. The number of carbonyl (C=O) groups excluding carboxylic acids is 1. The maximum Gasteiger partial charge on any atom is 0.306 e. The number of hydrogen-bond acceptors (Lipinski definition) is 6. The van der Waals surface area contributed by atoms with Crippen LogP contribution in [-0.2, 0) is 22.6 Å². The minimum Gasteiger partial charge on any atom is -0.493 e. The Kier molecular flexibility index (Phi) is 6.25. The van der Waals surface area contributed by atoms with Crippen LogP contribution in [0.2, 0.25) is 0 Å². The highest BCUT2D eigenvalue weighted by Crippen LogP contribution is 2.38. The van der Waals surface area contributed by atoms with Crippen molar-refractivity contribution in [3.8, 4) is 23.3 Å². The number of pyridine rings is 1. The van der Waals surface area contributed by atoms with Crippen LogP contribution < -0.4 is 14.2 Å².